The van der Waals surface area contributed by atoms with Crippen molar-refractivity contribution >= 4 is 11.4 Å². The SMILES string of the molecule is Oc1ccc(Nc2ccc(O)c(O)c2)cc1O. The second-order valence-corrected chi connectivity index (χ2v) is 3.53. The molecule has 0 fully saturated rings. The Morgan fingerprint density at radius 3 is 1.35 bits per heavy atom. The molecule has 0 bridgehead atoms. The lowest BCUT2D eigenvalue weighted by atomic mass is 10.2. The van der Waals surface area contributed by atoms with Crippen molar-refractivity contribution < 1.29 is 20.4 Å². The number of rotatable bonds is 2. The van der Waals surface area contributed by atoms with Crippen LogP contribution in [0.4, 0.5) is 11.4 Å². The van der Waals surface area contributed by atoms with Crippen molar-refractivity contribution in [1.29, 1.82) is 0 Å². The summed E-state index contributed by atoms with van der Waals surface area (Å²) in [7, 11) is 0. The molecule has 2 aromatic carbocycles. The molecule has 5 N–H and O–H groups in total. The highest BCUT2D eigenvalue weighted by Crippen LogP contribution is 2.32. The van der Waals surface area contributed by atoms with Gasteiger partial charge in [0, 0.05) is 23.5 Å². The van der Waals surface area contributed by atoms with Crippen molar-refractivity contribution in [3.63, 3.8) is 0 Å². The van der Waals surface area contributed by atoms with Gasteiger partial charge in [-0.3, -0.25) is 0 Å². The predicted molar refractivity (Wildman–Crippen MR) is 62.8 cm³/mol. The van der Waals surface area contributed by atoms with E-state index < -0.39 is 0 Å². The van der Waals surface area contributed by atoms with E-state index in [2.05, 4.69) is 5.32 Å². The van der Waals surface area contributed by atoms with Gasteiger partial charge in [0.15, 0.2) is 23.0 Å². The Morgan fingerprint density at radius 1 is 0.588 bits per heavy atom. The van der Waals surface area contributed by atoms with Crippen LogP contribution in [0.2, 0.25) is 0 Å². The van der Waals surface area contributed by atoms with Crippen molar-refractivity contribution in [3.8, 4) is 23.0 Å². The van der Waals surface area contributed by atoms with E-state index in [1.165, 1.54) is 24.3 Å². The normalized spacial score (nSPS) is 10.1. The Bertz CT molecular complexity index is 505. The molecule has 0 aliphatic heterocycles. The third-order valence-corrected chi connectivity index (χ3v) is 2.24. The van der Waals surface area contributed by atoms with Crippen LogP contribution in [0, 0.1) is 0 Å². The molecular weight excluding hydrogens is 222 g/mol. The van der Waals surface area contributed by atoms with E-state index in [9.17, 15) is 10.2 Å². The minimum atomic E-state index is -0.238. The standard InChI is InChI=1S/C12H11NO4/c14-9-3-1-7(5-11(9)16)13-8-2-4-10(15)12(17)6-8/h1-6,13-17H. The number of benzene rings is 2. The monoisotopic (exact) mass is 233 g/mol. The van der Waals surface area contributed by atoms with E-state index in [0.29, 0.717) is 11.4 Å². The summed E-state index contributed by atoms with van der Waals surface area (Å²) in [6.45, 7) is 0. The molecule has 0 aliphatic rings. The van der Waals surface area contributed by atoms with E-state index in [4.69, 9.17) is 10.2 Å². The minimum absolute atomic E-state index is 0.205. The van der Waals surface area contributed by atoms with E-state index in [0.717, 1.165) is 0 Å². The van der Waals surface area contributed by atoms with Gasteiger partial charge >= 0.3 is 0 Å². The predicted octanol–water partition coefficient (Wildman–Crippen LogP) is 2.25. The first kappa shape index (κ1) is 10.9. The molecule has 88 valence electrons. The molecule has 0 radical (unpaired) electrons. The topological polar surface area (TPSA) is 93.0 Å². The fraction of sp³-hybridized carbons (Fsp3) is 0. The molecule has 0 aliphatic carbocycles. The fourth-order valence-electron chi connectivity index (χ4n) is 1.37. The molecule has 2 aromatic rings. The van der Waals surface area contributed by atoms with E-state index in [-0.39, 0.29) is 23.0 Å². The van der Waals surface area contributed by atoms with Crippen molar-refractivity contribution in [2.45, 2.75) is 0 Å². The summed E-state index contributed by atoms with van der Waals surface area (Å²) in [4.78, 5) is 0. The zero-order chi connectivity index (χ0) is 12.4. The average Bonchev–Trinajstić information content (AvgIpc) is 2.29. The number of hydrogen-bond donors (Lipinski definition) is 5. The van der Waals surface area contributed by atoms with Crippen molar-refractivity contribution in [2.24, 2.45) is 0 Å². The quantitative estimate of drug-likeness (QED) is 0.405. The Morgan fingerprint density at radius 2 is 1.00 bits per heavy atom. The Labute approximate surface area is 97.2 Å². The van der Waals surface area contributed by atoms with Gasteiger partial charge in [0.05, 0.1) is 0 Å². The van der Waals surface area contributed by atoms with Crippen LogP contribution in [0.1, 0.15) is 0 Å². The lowest BCUT2D eigenvalue weighted by Gasteiger charge is -2.08. The van der Waals surface area contributed by atoms with Gasteiger partial charge in [-0.05, 0) is 24.3 Å². The van der Waals surface area contributed by atoms with Gasteiger partial charge in [-0.25, -0.2) is 0 Å². The van der Waals surface area contributed by atoms with Crippen LogP contribution in [0.3, 0.4) is 0 Å². The zero-order valence-electron chi connectivity index (χ0n) is 8.75. The highest BCUT2D eigenvalue weighted by molar-refractivity contribution is 5.65. The van der Waals surface area contributed by atoms with Crippen molar-refractivity contribution in [3.05, 3.63) is 36.4 Å². The van der Waals surface area contributed by atoms with Crippen LogP contribution in [-0.4, -0.2) is 20.4 Å². The summed E-state index contributed by atoms with van der Waals surface area (Å²) in [5.74, 6) is -0.885. The van der Waals surface area contributed by atoms with Crippen molar-refractivity contribution in [1.82, 2.24) is 0 Å². The van der Waals surface area contributed by atoms with E-state index >= 15 is 0 Å². The molecule has 0 unspecified atom stereocenters. The third-order valence-electron chi connectivity index (χ3n) is 2.24. The van der Waals surface area contributed by atoms with Gasteiger partial charge in [-0.2, -0.15) is 0 Å². The molecule has 5 heteroatoms. The van der Waals surface area contributed by atoms with Gasteiger partial charge in [0.25, 0.3) is 0 Å². The molecule has 2 rings (SSSR count). The Balaban J connectivity index is 2.25. The van der Waals surface area contributed by atoms with Crippen molar-refractivity contribution in [2.75, 3.05) is 5.32 Å². The minimum Gasteiger partial charge on any atom is -0.504 e. The fourth-order valence-corrected chi connectivity index (χ4v) is 1.37. The number of nitrogens with one attached hydrogen (secondary N) is 1. The van der Waals surface area contributed by atoms with Gasteiger partial charge in [0.1, 0.15) is 0 Å². The molecule has 0 heterocycles. The summed E-state index contributed by atoms with van der Waals surface area (Å²) in [6.07, 6.45) is 0. The lowest BCUT2D eigenvalue weighted by Crippen LogP contribution is -1.89. The zero-order valence-corrected chi connectivity index (χ0v) is 8.75. The number of anilines is 2. The van der Waals surface area contributed by atoms with Crippen LogP contribution < -0.4 is 5.32 Å². The first-order valence-electron chi connectivity index (χ1n) is 4.87. The first-order valence-corrected chi connectivity index (χ1v) is 4.87. The van der Waals surface area contributed by atoms with Crippen LogP contribution in [0.25, 0.3) is 0 Å². The molecule has 0 amide bonds. The number of phenols is 4. The molecule has 5 nitrogen and oxygen atoms in total. The number of phenolic OH excluding ortho intramolecular Hbond substituents is 4. The molecule has 0 aromatic heterocycles. The largest absolute Gasteiger partial charge is 0.504 e. The molecule has 0 atom stereocenters. The second-order valence-electron chi connectivity index (χ2n) is 3.53. The van der Waals surface area contributed by atoms with Crippen LogP contribution in [0.15, 0.2) is 36.4 Å². The van der Waals surface area contributed by atoms with Gasteiger partial charge in [0.2, 0.25) is 0 Å². The summed E-state index contributed by atoms with van der Waals surface area (Å²) in [5.41, 5.74) is 1.09. The van der Waals surface area contributed by atoms with Gasteiger partial charge in [-0.1, -0.05) is 0 Å². The molecule has 0 saturated carbocycles. The number of hydrogen-bond acceptors (Lipinski definition) is 5. The second kappa shape index (κ2) is 4.13. The lowest BCUT2D eigenvalue weighted by molar-refractivity contribution is 0.403. The highest BCUT2D eigenvalue weighted by Gasteiger charge is 2.03. The molecule has 0 spiro atoms. The van der Waals surface area contributed by atoms with Gasteiger partial charge < -0.3 is 25.7 Å². The van der Waals surface area contributed by atoms with E-state index in [1.54, 1.807) is 12.1 Å². The average molecular weight is 233 g/mol. The van der Waals surface area contributed by atoms with Gasteiger partial charge in [-0.15, -0.1) is 0 Å². The van der Waals surface area contributed by atoms with Crippen LogP contribution >= 0.6 is 0 Å². The van der Waals surface area contributed by atoms with Crippen LogP contribution in [0.5, 0.6) is 23.0 Å². The van der Waals surface area contributed by atoms with E-state index in [1.807, 2.05) is 0 Å². The molecule has 17 heavy (non-hydrogen) atoms. The molecular formula is C12H11NO4. The molecule has 0 saturated heterocycles. The summed E-state index contributed by atoms with van der Waals surface area (Å²) in [5, 5.41) is 39.8. The Kier molecular flexibility index (Phi) is 2.66. The summed E-state index contributed by atoms with van der Waals surface area (Å²) in [6, 6.07) is 8.52. The summed E-state index contributed by atoms with van der Waals surface area (Å²) >= 11 is 0. The smallest absolute Gasteiger partial charge is 0.159 e. The number of aromatic hydroxyl groups is 4. The van der Waals surface area contributed by atoms with Crippen LogP contribution in [-0.2, 0) is 0 Å². The maximum absolute atomic E-state index is 9.30. The maximum atomic E-state index is 9.30. The summed E-state index contributed by atoms with van der Waals surface area (Å²) < 4.78 is 0. The Hall–Kier alpha value is -2.56. The highest BCUT2D eigenvalue weighted by atomic mass is 16.3. The maximum Gasteiger partial charge on any atom is 0.159 e. The third kappa shape index (κ3) is 2.34. The first-order chi connectivity index (χ1) is 8.06.